The van der Waals surface area contributed by atoms with E-state index in [4.69, 9.17) is 28.9 Å². The molecule has 0 aromatic heterocycles. The van der Waals surface area contributed by atoms with Crippen LogP contribution in [0.15, 0.2) is 17.0 Å². The Morgan fingerprint density at radius 2 is 2.14 bits per heavy atom. The number of hydrogen-bond donors (Lipinski definition) is 2. The molecular formula is C13H19Cl2N3O2S. The van der Waals surface area contributed by atoms with Crippen molar-refractivity contribution in [1.29, 1.82) is 0 Å². The van der Waals surface area contributed by atoms with Crippen LogP contribution >= 0.6 is 23.2 Å². The molecule has 0 radical (unpaired) electrons. The van der Waals surface area contributed by atoms with Crippen molar-refractivity contribution >= 4 is 38.9 Å². The maximum atomic E-state index is 12.4. The molecule has 0 spiro atoms. The van der Waals surface area contributed by atoms with E-state index in [9.17, 15) is 8.42 Å². The Balaban J connectivity index is 2.09. The fraction of sp³-hybridized carbons (Fsp3) is 0.538. The molecule has 0 amide bonds. The van der Waals surface area contributed by atoms with Gasteiger partial charge in [-0.05, 0) is 37.6 Å². The molecule has 1 unspecified atom stereocenters. The van der Waals surface area contributed by atoms with Gasteiger partial charge in [0.2, 0.25) is 10.0 Å². The third-order valence-electron chi connectivity index (χ3n) is 3.69. The molecule has 1 fully saturated rings. The zero-order valence-electron chi connectivity index (χ0n) is 11.8. The first kappa shape index (κ1) is 16.8. The molecule has 1 heterocycles. The molecule has 1 aliphatic rings. The topological polar surface area (TPSA) is 75.4 Å². The Bertz CT molecular complexity index is 599. The lowest BCUT2D eigenvalue weighted by Crippen LogP contribution is -2.31. The Hall–Kier alpha value is -0.530. The highest BCUT2D eigenvalue weighted by molar-refractivity contribution is 7.89. The molecule has 0 saturated carbocycles. The highest BCUT2D eigenvalue weighted by atomic mass is 35.5. The first-order valence-corrected chi connectivity index (χ1v) is 9.04. The zero-order valence-corrected chi connectivity index (χ0v) is 14.1. The highest BCUT2D eigenvalue weighted by Gasteiger charge is 2.26. The maximum Gasteiger partial charge on any atom is 0.244 e. The Morgan fingerprint density at radius 1 is 1.43 bits per heavy atom. The molecule has 3 N–H and O–H groups in total. The van der Waals surface area contributed by atoms with Crippen molar-refractivity contribution < 1.29 is 8.42 Å². The van der Waals surface area contributed by atoms with Crippen molar-refractivity contribution in [2.45, 2.75) is 18.2 Å². The van der Waals surface area contributed by atoms with Gasteiger partial charge in [0.1, 0.15) is 4.90 Å². The second kappa shape index (κ2) is 6.71. The van der Waals surface area contributed by atoms with Gasteiger partial charge in [0.15, 0.2) is 0 Å². The SMILES string of the molecule is CCN1CCC(CNS(=O)(=O)c2c(N)cc(Cl)cc2Cl)C1. The second-order valence-electron chi connectivity index (χ2n) is 5.21. The van der Waals surface area contributed by atoms with Crippen molar-refractivity contribution in [3.8, 4) is 0 Å². The number of anilines is 1. The molecule has 1 aliphatic heterocycles. The summed E-state index contributed by atoms with van der Waals surface area (Å²) in [6, 6.07) is 2.76. The Morgan fingerprint density at radius 3 is 2.71 bits per heavy atom. The number of benzene rings is 1. The van der Waals surface area contributed by atoms with E-state index in [2.05, 4.69) is 16.5 Å². The van der Waals surface area contributed by atoms with Crippen LogP contribution in [0.2, 0.25) is 10.0 Å². The van der Waals surface area contributed by atoms with Gasteiger partial charge in [0.25, 0.3) is 0 Å². The van der Waals surface area contributed by atoms with Gasteiger partial charge in [-0.15, -0.1) is 0 Å². The molecule has 1 atom stereocenters. The summed E-state index contributed by atoms with van der Waals surface area (Å²) >= 11 is 11.8. The lowest BCUT2D eigenvalue weighted by molar-refractivity contribution is 0.342. The van der Waals surface area contributed by atoms with Crippen LogP contribution < -0.4 is 10.5 Å². The van der Waals surface area contributed by atoms with Crippen LogP contribution in [0.5, 0.6) is 0 Å². The zero-order chi connectivity index (χ0) is 15.6. The standard InChI is InChI=1S/C13H19Cl2N3O2S/c1-2-18-4-3-9(8-18)7-17-21(19,20)13-11(15)5-10(14)6-12(13)16/h5-6,9,17H,2-4,7-8,16H2,1H3. The molecule has 21 heavy (non-hydrogen) atoms. The lowest BCUT2D eigenvalue weighted by Gasteiger charge is -2.15. The average molecular weight is 352 g/mol. The van der Waals surface area contributed by atoms with Gasteiger partial charge in [-0.1, -0.05) is 30.1 Å². The number of nitrogens with zero attached hydrogens (tertiary/aromatic N) is 1. The largest absolute Gasteiger partial charge is 0.398 e. The average Bonchev–Trinajstić information content (AvgIpc) is 2.82. The summed E-state index contributed by atoms with van der Waals surface area (Å²) in [7, 11) is -3.73. The minimum Gasteiger partial charge on any atom is -0.398 e. The number of halogens is 2. The molecule has 1 aromatic rings. The minimum absolute atomic E-state index is 0.0362. The van der Waals surface area contributed by atoms with Crippen molar-refractivity contribution in [1.82, 2.24) is 9.62 Å². The number of nitrogens with one attached hydrogen (secondary N) is 1. The summed E-state index contributed by atoms with van der Waals surface area (Å²) in [6.45, 7) is 5.38. The number of nitrogen functional groups attached to an aromatic ring is 1. The van der Waals surface area contributed by atoms with E-state index in [1.807, 2.05) is 0 Å². The van der Waals surface area contributed by atoms with Crippen LogP contribution in [-0.4, -0.2) is 39.5 Å². The molecule has 8 heteroatoms. The first-order valence-electron chi connectivity index (χ1n) is 6.80. The van der Waals surface area contributed by atoms with Crippen LogP contribution in [0, 0.1) is 5.92 Å². The molecule has 1 aromatic carbocycles. The quantitative estimate of drug-likeness (QED) is 0.797. The predicted octanol–water partition coefficient (Wildman–Crippen LogP) is 2.20. The first-order chi connectivity index (χ1) is 9.83. The summed E-state index contributed by atoms with van der Waals surface area (Å²) < 4.78 is 27.3. The number of sulfonamides is 1. The van der Waals surface area contributed by atoms with E-state index in [1.54, 1.807) is 0 Å². The van der Waals surface area contributed by atoms with E-state index in [1.165, 1.54) is 12.1 Å². The molecule has 5 nitrogen and oxygen atoms in total. The number of nitrogens with two attached hydrogens (primary N) is 1. The Kier molecular flexibility index (Phi) is 5.38. The lowest BCUT2D eigenvalue weighted by atomic mass is 10.1. The van der Waals surface area contributed by atoms with Crippen molar-refractivity contribution in [3.63, 3.8) is 0 Å². The third kappa shape index (κ3) is 4.02. The number of hydrogen-bond acceptors (Lipinski definition) is 4. The van der Waals surface area contributed by atoms with Crippen LogP contribution in [0.3, 0.4) is 0 Å². The van der Waals surface area contributed by atoms with E-state index in [0.717, 1.165) is 26.1 Å². The number of likely N-dealkylation sites (tertiary alicyclic amines) is 1. The predicted molar refractivity (Wildman–Crippen MR) is 86.3 cm³/mol. The van der Waals surface area contributed by atoms with Gasteiger partial charge in [-0.25, -0.2) is 13.1 Å². The minimum atomic E-state index is -3.73. The molecule has 2 rings (SSSR count). The Labute approximate surface area is 135 Å². The molecular weight excluding hydrogens is 333 g/mol. The smallest absolute Gasteiger partial charge is 0.244 e. The third-order valence-corrected chi connectivity index (χ3v) is 5.85. The van der Waals surface area contributed by atoms with Crippen molar-refractivity contribution in [3.05, 3.63) is 22.2 Å². The number of rotatable bonds is 5. The van der Waals surface area contributed by atoms with E-state index >= 15 is 0 Å². The van der Waals surface area contributed by atoms with Crippen LogP contribution in [0.4, 0.5) is 5.69 Å². The molecule has 0 bridgehead atoms. The van der Waals surface area contributed by atoms with E-state index in [0.29, 0.717) is 17.5 Å². The maximum absolute atomic E-state index is 12.4. The van der Waals surface area contributed by atoms with Crippen molar-refractivity contribution in [2.75, 3.05) is 31.9 Å². The molecule has 1 saturated heterocycles. The van der Waals surface area contributed by atoms with Gasteiger partial charge < -0.3 is 10.6 Å². The summed E-state index contributed by atoms with van der Waals surface area (Å²) in [5.74, 6) is 0.312. The van der Waals surface area contributed by atoms with Gasteiger partial charge in [0, 0.05) is 18.1 Å². The summed E-state index contributed by atoms with van der Waals surface area (Å²) in [4.78, 5) is 2.20. The summed E-state index contributed by atoms with van der Waals surface area (Å²) in [6.07, 6.45) is 0.986. The van der Waals surface area contributed by atoms with Crippen LogP contribution in [0.1, 0.15) is 13.3 Å². The highest BCUT2D eigenvalue weighted by Crippen LogP contribution is 2.31. The van der Waals surface area contributed by atoms with Gasteiger partial charge in [-0.2, -0.15) is 0 Å². The van der Waals surface area contributed by atoms with E-state index in [-0.39, 0.29) is 15.6 Å². The normalized spacial score (nSPS) is 20.0. The van der Waals surface area contributed by atoms with Crippen LogP contribution in [0.25, 0.3) is 0 Å². The fourth-order valence-corrected chi connectivity index (χ4v) is 4.63. The van der Waals surface area contributed by atoms with Gasteiger partial charge in [-0.3, -0.25) is 0 Å². The summed E-state index contributed by atoms with van der Waals surface area (Å²) in [5.41, 5.74) is 5.80. The summed E-state index contributed by atoms with van der Waals surface area (Å²) in [5, 5.41) is 0.347. The van der Waals surface area contributed by atoms with Crippen LogP contribution in [-0.2, 0) is 10.0 Å². The van der Waals surface area contributed by atoms with Crippen molar-refractivity contribution in [2.24, 2.45) is 5.92 Å². The van der Waals surface area contributed by atoms with E-state index < -0.39 is 10.0 Å². The molecule has 118 valence electrons. The monoisotopic (exact) mass is 351 g/mol. The molecule has 0 aliphatic carbocycles. The fourth-order valence-electron chi connectivity index (χ4n) is 2.53. The second-order valence-corrected chi connectivity index (χ2v) is 7.75. The van der Waals surface area contributed by atoms with Gasteiger partial charge >= 0.3 is 0 Å². The van der Waals surface area contributed by atoms with Gasteiger partial charge in [0.05, 0.1) is 10.7 Å².